The quantitative estimate of drug-likeness (QED) is 0.910. The molecule has 0 spiro atoms. The normalized spacial score (nSPS) is 10.8. The van der Waals surface area contributed by atoms with Gasteiger partial charge in [-0.2, -0.15) is 0 Å². The second-order valence-corrected chi connectivity index (χ2v) is 6.33. The second-order valence-electron chi connectivity index (χ2n) is 3.74. The van der Waals surface area contributed by atoms with Crippen LogP contribution in [-0.2, 0) is 13.1 Å². The largest absolute Gasteiger partial charge is 0.308 e. The summed E-state index contributed by atoms with van der Waals surface area (Å²) >= 11 is 11.0. The van der Waals surface area contributed by atoms with Gasteiger partial charge in [-0.05, 0) is 46.1 Å². The Bertz CT molecular complexity index is 493. The van der Waals surface area contributed by atoms with E-state index in [1.165, 1.54) is 16.0 Å². The first-order valence-corrected chi connectivity index (χ1v) is 7.19. The van der Waals surface area contributed by atoms with E-state index in [1.54, 1.807) is 11.3 Å². The molecular weight excluding hydrogens is 320 g/mol. The average molecular weight is 332 g/mol. The number of rotatable bonds is 4. The van der Waals surface area contributed by atoms with E-state index in [9.17, 15) is 0 Å². The smallest absolute Gasteiger partial charge is 0.107 e. The van der Waals surface area contributed by atoms with Gasteiger partial charge < -0.3 is 5.32 Å². The summed E-state index contributed by atoms with van der Waals surface area (Å²) in [6.45, 7) is 3.75. The Morgan fingerprint density at radius 1 is 1.47 bits per heavy atom. The van der Waals surface area contributed by atoms with Gasteiger partial charge in [-0.3, -0.25) is 4.98 Å². The molecule has 0 fully saturated rings. The highest BCUT2D eigenvalue weighted by Crippen LogP contribution is 2.31. The van der Waals surface area contributed by atoms with E-state index in [-0.39, 0.29) is 0 Å². The molecule has 0 unspecified atom stereocenters. The summed E-state index contributed by atoms with van der Waals surface area (Å²) in [6, 6.07) is 4.10. The Hall–Kier alpha value is -0.420. The molecule has 2 aromatic heterocycles. The summed E-state index contributed by atoms with van der Waals surface area (Å²) in [4.78, 5) is 5.31. The molecule has 2 aromatic rings. The van der Waals surface area contributed by atoms with Crippen molar-refractivity contribution in [1.82, 2.24) is 10.3 Å². The van der Waals surface area contributed by atoms with E-state index >= 15 is 0 Å². The monoisotopic (exact) mass is 330 g/mol. The van der Waals surface area contributed by atoms with Crippen LogP contribution in [0, 0.1) is 6.92 Å². The third kappa shape index (κ3) is 3.52. The van der Waals surface area contributed by atoms with Gasteiger partial charge in [-0.25, -0.2) is 0 Å². The minimum atomic E-state index is 0.807. The van der Waals surface area contributed by atoms with E-state index < -0.39 is 0 Å². The Labute approximate surface area is 118 Å². The van der Waals surface area contributed by atoms with E-state index in [2.05, 4.69) is 39.2 Å². The predicted molar refractivity (Wildman–Crippen MR) is 76.5 cm³/mol. The number of nitrogens with zero attached hydrogens (tertiary/aromatic N) is 1. The Morgan fingerprint density at radius 2 is 2.29 bits per heavy atom. The maximum absolute atomic E-state index is 5.99. The van der Waals surface area contributed by atoms with Crippen LogP contribution in [0.3, 0.4) is 0 Å². The molecule has 0 aromatic carbocycles. The van der Waals surface area contributed by atoms with Crippen molar-refractivity contribution in [3.8, 4) is 0 Å². The number of thiophene rings is 1. The maximum atomic E-state index is 5.99. The lowest BCUT2D eigenvalue weighted by Gasteiger charge is -2.05. The highest BCUT2D eigenvalue weighted by atomic mass is 79.9. The molecule has 90 valence electrons. The number of aryl methyl sites for hydroxylation is 1. The van der Waals surface area contributed by atoms with Gasteiger partial charge in [0.05, 0.1) is 0 Å². The lowest BCUT2D eigenvalue weighted by Crippen LogP contribution is -2.12. The predicted octanol–water partition coefficient (Wildman–Crippen LogP) is 4.16. The Kier molecular flexibility index (Phi) is 4.56. The third-order valence-electron chi connectivity index (χ3n) is 2.45. The molecule has 0 aliphatic heterocycles. The Morgan fingerprint density at radius 3 is 2.94 bits per heavy atom. The van der Waals surface area contributed by atoms with Crippen LogP contribution in [0.2, 0.25) is 4.34 Å². The molecule has 0 amide bonds. The van der Waals surface area contributed by atoms with Crippen LogP contribution >= 0.6 is 38.9 Å². The highest BCUT2D eigenvalue weighted by Gasteiger charge is 2.04. The first-order valence-electron chi connectivity index (χ1n) is 5.20. The number of hydrogen-bond acceptors (Lipinski definition) is 3. The zero-order valence-electron chi connectivity index (χ0n) is 9.34. The molecule has 0 saturated carbocycles. The van der Waals surface area contributed by atoms with Crippen molar-refractivity contribution < 1.29 is 0 Å². The summed E-state index contributed by atoms with van der Waals surface area (Å²) in [5, 5.41) is 3.40. The zero-order valence-corrected chi connectivity index (χ0v) is 12.5. The number of aromatic nitrogens is 1. The highest BCUT2D eigenvalue weighted by molar-refractivity contribution is 9.10. The molecule has 2 heterocycles. The van der Waals surface area contributed by atoms with Crippen LogP contribution in [0.5, 0.6) is 0 Å². The third-order valence-corrected chi connectivity index (χ3v) is 4.92. The fraction of sp³-hybridized carbons (Fsp3) is 0.250. The van der Waals surface area contributed by atoms with Crippen molar-refractivity contribution in [2.75, 3.05) is 0 Å². The summed E-state index contributed by atoms with van der Waals surface area (Å²) in [5.74, 6) is 0. The van der Waals surface area contributed by atoms with Gasteiger partial charge in [0.25, 0.3) is 0 Å². The molecule has 2 rings (SSSR count). The van der Waals surface area contributed by atoms with E-state index in [0.717, 1.165) is 21.9 Å². The van der Waals surface area contributed by atoms with Crippen molar-refractivity contribution in [2.45, 2.75) is 20.0 Å². The molecule has 0 atom stereocenters. The average Bonchev–Trinajstić information content (AvgIpc) is 2.61. The van der Waals surface area contributed by atoms with Gasteiger partial charge in [0.15, 0.2) is 0 Å². The first kappa shape index (κ1) is 13.0. The van der Waals surface area contributed by atoms with Crippen LogP contribution in [0.4, 0.5) is 0 Å². The number of hydrogen-bond donors (Lipinski definition) is 1. The minimum absolute atomic E-state index is 0.807. The van der Waals surface area contributed by atoms with Crippen LogP contribution in [0.25, 0.3) is 0 Å². The lowest BCUT2D eigenvalue weighted by atomic mass is 10.1. The summed E-state index contributed by atoms with van der Waals surface area (Å²) in [6.07, 6.45) is 3.71. The van der Waals surface area contributed by atoms with Crippen molar-refractivity contribution in [3.05, 3.63) is 49.3 Å². The maximum Gasteiger partial charge on any atom is 0.107 e. The standard InChI is InChI=1S/C12H12BrClN2S/c1-8-5-15-3-2-9(8)6-16-7-10-4-11(13)12(14)17-10/h2-5,16H,6-7H2,1H3. The molecular formula is C12H12BrClN2S. The topological polar surface area (TPSA) is 24.9 Å². The summed E-state index contributed by atoms with van der Waals surface area (Å²) in [7, 11) is 0. The summed E-state index contributed by atoms with van der Waals surface area (Å²) < 4.78 is 1.78. The zero-order chi connectivity index (χ0) is 12.3. The molecule has 1 N–H and O–H groups in total. The van der Waals surface area contributed by atoms with Gasteiger partial charge in [-0.15, -0.1) is 11.3 Å². The van der Waals surface area contributed by atoms with Gasteiger partial charge >= 0.3 is 0 Å². The summed E-state index contributed by atoms with van der Waals surface area (Å²) in [5.41, 5.74) is 2.49. The minimum Gasteiger partial charge on any atom is -0.308 e. The van der Waals surface area contributed by atoms with E-state index in [0.29, 0.717) is 0 Å². The number of pyridine rings is 1. The number of nitrogens with one attached hydrogen (secondary N) is 1. The van der Waals surface area contributed by atoms with E-state index in [4.69, 9.17) is 11.6 Å². The van der Waals surface area contributed by atoms with Crippen LogP contribution in [0.1, 0.15) is 16.0 Å². The number of halogens is 2. The SMILES string of the molecule is Cc1cnccc1CNCc1cc(Br)c(Cl)s1. The fourth-order valence-electron chi connectivity index (χ4n) is 1.50. The van der Waals surface area contributed by atoms with Gasteiger partial charge in [0.1, 0.15) is 4.34 Å². The first-order chi connectivity index (χ1) is 8.16. The van der Waals surface area contributed by atoms with Crippen LogP contribution in [-0.4, -0.2) is 4.98 Å². The van der Waals surface area contributed by atoms with Crippen molar-refractivity contribution in [1.29, 1.82) is 0 Å². The van der Waals surface area contributed by atoms with Crippen LogP contribution in [0.15, 0.2) is 29.0 Å². The van der Waals surface area contributed by atoms with Gasteiger partial charge in [0, 0.05) is 34.8 Å². The second kappa shape index (κ2) is 5.96. The van der Waals surface area contributed by atoms with Crippen molar-refractivity contribution in [2.24, 2.45) is 0 Å². The fourth-order valence-corrected chi connectivity index (χ4v) is 3.26. The molecule has 0 aliphatic carbocycles. The van der Waals surface area contributed by atoms with Gasteiger partial charge in [-0.1, -0.05) is 11.6 Å². The van der Waals surface area contributed by atoms with Gasteiger partial charge in [0.2, 0.25) is 0 Å². The van der Waals surface area contributed by atoms with Crippen molar-refractivity contribution >= 4 is 38.9 Å². The molecule has 2 nitrogen and oxygen atoms in total. The lowest BCUT2D eigenvalue weighted by molar-refractivity contribution is 0.697. The molecule has 0 aliphatic rings. The molecule has 5 heteroatoms. The van der Waals surface area contributed by atoms with E-state index in [1.807, 2.05) is 18.5 Å². The van der Waals surface area contributed by atoms with Crippen LogP contribution < -0.4 is 5.32 Å². The molecule has 0 radical (unpaired) electrons. The van der Waals surface area contributed by atoms with Crippen molar-refractivity contribution in [3.63, 3.8) is 0 Å². The molecule has 0 bridgehead atoms. The molecule has 17 heavy (non-hydrogen) atoms. The Balaban J connectivity index is 1.90. The molecule has 0 saturated heterocycles.